The van der Waals surface area contributed by atoms with Crippen molar-refractivity contribution in [2.45, 2.75) is 129 Å². The number of allylic oxidation sites excluding steroid dienone is 2. The van der Waals surface area contributed by atoms with E-state index in [-0.39, 0.29) is 5.97 Å². The molecule has 0 aliphatic heterocycles. The number of ether oxygens (including phenoxy) is 1. The summed E-state index contributed by atoms with van der Waals surface area (Å²) in [6, 6.07) is 0. The molecule has 0 bridgehead atoms. The zero-order valence-corrected chi connectivity index (χ0v) is 19.7. The van der Waals surface area contributed by atoms with Gasteiger partial charge < -0.3 is 4.74 Å². The molecular weight excluding hydrogens is 364 g/mol. The molecule has 0 atom stereocenters. The number of esters is 1. The van der Waals surface area contributed by atoms with Gasteiger partial charge in [0.05, 0.1) is 0 Å². The Hall–Kier alpha value is -0.440. The monoisotopic (exact) mass is 412 g/mol. The number of rotatable bonds is 22. The first-order valence-electron chi connectivity index (χ1n) is 12.2. The van der Waals surface area contributed by atoms with E-state index in [1.54, 1.807) is 0 Å². The molecule has 0 aromatic carbocycles. The van der Waals surface area contributed by atoms with Crippen LogP contribution in [0.1, 0.15) is 129 Å². The van der Waals surface area contributed by atoms with E-state index in [4.69, 9.17) is 4.74 Å². The zero-order valence-electron chi connectivity index (χ0n) is 18.8. The third kappa shape index (κ3) is 23.6. The summed E-state index contributed by atoms with van der Waals surface area (Å²) in [5, 5.41) is 0. The molecular formula is C25H48O2S. The van der Waals surface area contributed by atoms with Crippen molar-refractivity contribution in [3.05, 3.63) is 12.2 Å². The second-order valence-corrected chi connectivity index (χ2v) is 8.49. The molecule has 3 heteroatoms. The van der Waals surface area contributed by atoms with Gasteiger partial charge >= 0.3 is 5.97 Å². The topological polar surface area (TPSA) is 26.3 Å². The van der Waals surface area contributed by atoms with Crippen LogP contribution in [0, 0.1) is 0 Å². The lowest BCUT2D eigenvalue weighted by Crippen LogP contribution is -2.06. The molecule has 0 aliphatic carbocycles. The third-order valence-corrected chi connectivity index (χ3v) is 5.43. The first-order chi connectivity index (χ1) is 13.8. The fourth-order valence-electron chi connectivity index (χ4n) is 3.46. The fourth-order valence-corrected chi connectivity index (χ4v) is 3.55. The van der Waals surface area contributed by atoms with Gasteiger partial charge in [-0.15, -0.1) is 0 Å². The standard InChI is InChI=1S/C25H48O2S/c1-2-3-4-5-6-7-8-9-10-11-12-13-14-15-16-17-18-19-20-21-22-25(26)27-23-24-28/h15-16,28H,2-14,17-24H2,1H3/b16-15+. The van der Waals surface area contributed by atoms with Crippen LogP contribution in [0.25, 0.3) is 0 Å². The van der Waals surface area contributed by atoms with E-state index in [1.807, 2.05) is 0 Å². The molecule has 0 amide bonds. The van der Waals surface area contributed by atoms with Crippen molar-refractivity contribution in [2.24, 2.45) is 0 Å². The van der Waals surface area contributed by atoms with Crippen LogP contribution in [0.5, 0.6) is 0 Å². The molecule has 166 valence electrons. The molecule has 0 fully saturated rings. The molecule has 2 nitrogen and oxygen atoms in total. The van der Waals surface area contributed by atoms with Crippen LogP contribution < -0.4 is 0 Å². The maximum absolute atomic E-state index is 11.3. The summed E-state index contributed by atoms with van der Waals surface area (Å²) >= 11 is 4.03. The summed E-state index contributed by atoms with van der Waals surface area (Å²) in [7, 11) is 0. The van der Waals surface area contributed by atoms with Gasteiger partial charge in [0.2, 0.25) is 0 Å². The van der Waals surface area contributed by atoms with E-state index in [0.717, 1.165) is 12.8 Å². The van der Waals surface area contributed by atoms with Gasteiger partial charge in [-0.3, -0.25) is 4.79 Å². The number of hydrogen-bond donors (Lipinski definition) is 1. The quantitative estimate of drug-likeness (QED) is 0.0835. The van der Waals surface area contributed by atoms with Gasteiger partial charge in [0.25, 0.3) is 0 Å². The molecule has 0 radical (unpaired) electrons. The lowest BCUT2D eigenvalue weighted by atomic mass is 10.0. The fraction of sp³-hybridized carbons (Fsp3) is 0.880. The second kappa shape index (κ2) is 24.6. The summed E-state index contributed by atoms with van der Waals surface area (Å²) in [5.74, 6) is 0.536. The average molecular weight is 413 g/mol. The van der Waals surface area contributed by atoms with Crippen LogP contribution in [0.15, 0.2) is 12.2 Å². The Labute approximate surface area is 181 Å². The molecule has 0 spiro atoms. The molecule has 0 aromatic heterocycles. The lowest BCUT2D eigenvalue weighted by Gasteiger charge is -2.02. The van der Waals surface area contributed by atoms with Crippen molar-refractivity contribution >= 4 is 18.6 Å². The van der Waals surface area contributed by atoms with Gasteiger partial charge in [-0.25, -0.2) is 0 Å². The maximum Gasteiger partial charge on any atom is 0.305 e. The van der Waals surface area contributed by atoms with Crippen LogP contribution in [0.2, 0.25) is 0 Å². The van der Waals surface area contributed by atoms with Crippen molar-refractivity contribution in [1.29, 1.82) is 0 Å². The minimum atomic E-state index is -0.0728. The molecule has 28 heavy (non-hydrogen) atoms. The SMILES string of the molecule is CCCCCCCCCCCCCC/C=C/CCCCCCC(=O)OCCS. The average Bonchev–Trinajstić information content (AvgIpc) is 2.70. The van der Waals surface area contributed by atoms with Gasteiger partial charge in [0, 0.05) is 12.2 Å². The summed E-state index contributed by atoms with van der Waals surface area (Å²) in [6.45, 7) is 2.72. The predicted octanol–water partition coefficient (Wildman–Crippen LogP) is 8.45. The van der Waals surface area contributed by atoms with E-state index >= 15 is 0 Å². The summed E-state index contributed by atoms with van der Waals surface area (Å²) in [5.41, 5.74) is 0. The number of thiol groups is 1. The first kappa shape index (κ1) is 27.6. The van der Waals surface area contributed by atoms with E-state index in [2.05, 4.69) is 31.7 Å². The van der Waals surface area contributed by atoms with E-state index in [9.17, 15) is 4.79 Å². The highest BCUT2D eigenvalue weighted by Gasteiger charge is 2.01. The summed E-state index contributed by atoms with van der Waals surface area (Å²) in [6.07, 6.45) is 29.3. The molecule has 0 saturated heterocycles. The highest BCUT2D eigenvalue weighted by molar-refractivity contribution is 7.80. The van der Waals surface area contributed by atoms with E-state index in [0.29, 0.717) is 18.8 Å². The van der Waals surface area contributed by atoms with Gasteiger partial charge in [-0.05, 0) is 32.1 Å². The maximum atomic E-state index is 11.3. The Morgan fingerprint density at radius 2 is 1.11 bits per heavy atom. The molecule has 0 aromatic rings. The van der Waals surface area contributed by atoms with Crippen LogP contribution >= 0.6 is 12.6 Å². The summed E-state index contributed by atoms with van der Waals surface area (Å²) in [4.78, 5) is 11.3. The Balaban J connectivity index is 3.13. The van der Waals surface area contributed by atoms with Crippen molar-refractivity contribution < 1.29 is 9.53 Å². The number of carbonyl (C=O) groups is 1. The van der Waals surface area contributed by atoms with Crippen molar-refractivity contribution in [3.63, 3.8) is 0 Å². The summed E-state index contributed by atoms with van der Waals surface area (Å²) < 4.78 is 5.01. The second-order valence-electron chi connectivity index (χ2n) is 8.05. The highest BCUT2D eigenvalue weighted by atomic mass is 32.1. The number of unbranched alkanes of at least 4 members (excludes halogenated alkanes) is 16. The molecule has 0 rings (SSSR count). The van der Waals surface area contributed by atoms with Gasteiger partial charge in [-0.1, -0.05) is 103 Å². The first-order valence-corrected chi connectivity index (χ1v) is 12.9. The minimum Gasteiger partial charge on any atom is -0.465 e. The normalized spacial score (nSPS) is 11.4. The largest absolute Gasteiger partial charge is 0.465 e. The third-order valence-electron chi connectivity index (χ3n) is 5.25. The Morgan fingerprint density at radius 3 is 1.57 bits per heavy atom. The van der Waals surface area contributed by atoms with Crippen molar-refractivity contribution in [2.75, 3.05) is 12.4 Å². The van der Waals surface area contributed by atoms with Crippen LogP contribution in [0.3, 0.4) is 0 Å². The van der Waals surface area contributed by atoms with Crippen LogP contribution in [-0.2, 0) is 9.53 Å². The lowest BCUT2D eigenvalue weighted by molar-refractivity contribution is -0.143. The number of hydrogen-bond acceptors (Lipinski definition) is 3. The van der Waals surface area contributed by atoms with Crippen LogP contribution in [0.4, 0.5) is 0 Å². The minimum absolute atomic E-state index is 0.0728. The van der Waals surface area contributed by atoms with E-state index in [1.165, 1.54) is 103 Å². The van der Waals surface area contributed by atoms with Crippen molar-refractivity contribution in [1.82, 2.24) is 0 Å². The Morgan fingerprint density at radius 1 is 0.679 bits per heavy atom. The van der Waals surface area contributed by atoms with Gasteiger partial charge in [-0.2, -0.15) is 12.6 Å². The smallest absolute Gasteiger partial charge is 0.305 e. The van der Waals surface area contributed by atoms with Gasteiger partial charge in [0.1, 0.15) is 6.61 Å². The molecule has 0 saturated carbocycles. The Bertz CT molecular complexity index is 341. The number of carbonyl (C=O) groups excluding carboxylic acids is 1. The molecule has 0 unspecified atom stereocenters. The van der Waals surface area contributed by atoms with Gasteiger partial charge in [0.15, 0.2) is 0 Å². The molecule has 0 heterocycles. The van der Waals surface area contributed by atoms with Crippen LogP contribution in [-0.4, -0.2) is 18.3 Å². The zero-order chi connectivity index (χ0) is 20.5. The molecule has 0 aliphatic rings. The van der Waals surface area contributed by atoms with E-state index < -0.39 is 0 Å². The predicted molar refractivity (Wildman–Crippen MR) is 127 cm³/mol. The highest BCUT2D eigenvalue weighted by Crippen LogP contribution is 2.13. The van der Waals surface area contributed by atoms with Crippen molar-refractivity contribution in [3.8, 4) is 0 Å². The Kier molecular flexibility index (Phi) is 24.2. The molecule has 0 N–H and O–H groups in total.